The van der Waals surface area contributed by atoms with Crippen LogP contribution in [0.2, 0.25) is 0 Å². The number of carbonyl (C=O) groups excluding carboxylic acids is 1. The SMILES string of the molecule is Cc1c(C(=O)NCC2CN(CC(C)C)CCO2)cnn1-c1ccc(C(F)(F)F)cn1. The number of morpholine rings is 1. The van der Waals surface area contributed by atoms with Crippen molar-refractivity contribution in [2.75, 3.05) is 32.8 Å². The van der Waals surface area contributed by atoms with Gasteiger partial charge in [0.25, 0.3) is 5.91 Å². The molecule has 10 heteroatoms. The molecular weight excluding hydrogens is 399 g/mol. The van der Waals surface area contributed by atoms with Gasteiger partial charge in [-0.1, -0.05) is 13.8 Å². The minimum absolute atomic E-state index is 0.0895. The number of nitrogens with zero attached hydrogens (tertiary/aromatic N) is 4. The molecule has 3 heterocycles. The van der Waals surface area contributed by atoms with Crippen molar-refractivity contribution in [3.05, 3.63) is 41.3 Å². The van der Waals surface area contributed by atoms with Crippen LogP contribution in [-0.2, 0) is 10.9 Å². The zero-order valence-electron chi connectivity index (χ0n) is 17.2. The summed E-state index contributed by atoms with van der Waals surface area (Å²) in [6, 6.07) is 2.16. The third kappa shape index (κ3) is 5.37. The first-order valence-electron chi connectivity index (χ1n) is 9.85. The molecule has 0 aliphatic carbocycles. The molecule has 30 heavy (non-hydrogen) atoms. The van der Waals surface area contributed by atoms with Crippen molar-refractivity contribution < 1.29 is 22.7 Å². The van der Waals surface area contributed by atoms with Gasteiger partial charge in [-0.3, -0.25) is 9.69 Å². The van der Waals surface area contributed by atoms with Crippen molar-refractivity contribution in [2.24, 2.45) is 5.92 Å². The van der Waals surface area contributed by atoms with Gasteiger partial charge in [0.05, 0.1) is 35.7 Å². The maximum Gasteiger partial charge on any atom is 0.417 e. The molecule has 1 amide bonds. The van der Waals surface area contributed by atoms with Crippen molar-refractivity contribution in [2.45, 2.75) is 33.1 Å². The van der Waals surface area contributed by atoms with Gasteiger partial charge < -0.3 is 10.1 Å². The highest BCUT2D eigenvalue weighted by atomic mass is 19.4. The lowest BCUT2D eigenvalue weighted by Gasteiger charge is -2.33. The number of nitrogens with one attached hydrogen (secondary N) is 1. The molecule has 1 aliphatic heterocycles. The van der Waals surface area contributed by atoms with E-state index in [1.165, 1.54) is 16.9 Å². The summed E-state index contributed by atoms with van der Waals surface area (Å²) in [5.41, 5.74) is -0.00897. The lowest BCUT2D eigenvalue weighted by molar-refractivity contribution is -0.137. The highest BCUT2D eigenvalue weighted by molar-refractivity contribution is 5.95. The number of pyridine rings is 1. The Morgan fingerprint density at radius 2 is 2.10 bits per heavy atom. The molecule has 1 N–H and O–H groups in total. The van der Waals surface area contributed by atoms with Crippen LogP contribution < -0.4 is 5.32 Å². The van der Waals surface area contributed by atoms with Gasteiger partial charge in [0.1, 0.15) is 0 Å². The van der Waals surface area contributed by atoms with Crippen LogP contribution in [0.25, 0.3) is 5.82 Å². The van der Waals surface area contributed by atoms with E-state index in [1.54, 1.807) is 6.92 Å². The maximum atomic E-state index is 12.7. The van der Waals surface area contributed by atoms with E-state index in [9.17, 15) is 18.0 Å². The van der Waals surface area contributed by atoms with E-state index in [1.807, 2.05) is 0 Å². The van der Waals surface area contributed by atoms with Crippen molar-refractivity contribution >= 4 is 5.91 Å². The second-order valence-corrected chi connectivity index (χ2v) is 7.81. The Bertz CT molecular complexity index is 864. The zero-order chi connectivity index (χ0) is 21.9. The standard InChI is InChI=1S/C20H26F3N5O2/c1-13(2)11-27-6-7-30-16(12-27)9-25-19(29)17-10-26-28(14(17)3)18-5-4-15(8-24-18)20(21,22)23/h4-5,8,10,13,16H,6-7,9,11-12H2,1-3H3,(H,25,29). The fourth-order valence-corrected chi connectivity index (χ4v) is 3.43. The summed E-state index contributed by atoms with van der Waals surface area (Å²) < 4.78 is 45.2. The summed E-state index contributed by atoms with van der Waals surface area (Å²) in [6.07, 6.45) is -2.41. The average molecular weight is 425 g/mol. The van der Waals surface area contributed by atoms with Crippen LogP contribution in [0.4, 0.5) is 13.2 Å². The Balaban J connectivity index is 1.62. The fourth-order valence-electron chi connectivity index (χ4n) is 3.43. The quantitative estimate of drug-likeness (QED) is 0.771. The monoisotopic (exact) mass is 425 g/mol. The smallest absolute Gasteiger partial charge is 0.374 e. The molecule has 0 spiro atoms. The summed E-state index contributed by atoms with van der Waals surface area (Å²) in [7, 11) is 0. The molecule has 0 radical (unpaired) electrons. The zero-order valence-corrected chi connectivity index (χ0v) is 17.2. The second-order valence-electron chi connectivity index (χ2n) is 7.81. The molecule has 0 aromatic carbocycles. The Morgan fingerprint density at radius 3 is 2.73 bits per heavy atom. The molecule has 3 rings (SSSR count). The second kappa shape index (κ2) is 9.13. The summed E-state index contributed by atoms with van der Waals surface area (Å²) >= 11 is 0. The van der Waals surface area contributed by atoms with Gasteiger partial charge in [-0.15, -0.1) is 0 Å². The third-order valence-corrected chi connectivity index (χ3v) is 4.88. The largest absolute Gasteiger partial charge is 0.417 e. The van der Waals surface area contributed by atoms with Crippen LogP contribution >= 0.6 is 0 Å². The molecule has 0 bridgehead atoms. The molecule has 7 nitrogen and oxygen atoms in total. The summed E-state index contributed by atoms with van der Waals surface area (Å²) in [5.74, 6) is 0.459. The van der Waals surface area contributed by atoms with E-state index in [0.29, 0.717) is 30.3 Å². The molecule has 0 saturated carbocycles. The van der Waals surface area contributed by atoms with Gasteiger partial charge in [0.15, 0.2) is 5.82 Å². The molecule has 1 aliphatic rings. The van der Waals surface area contributed by atoms with Gasteiger partial charge in [-0.25, -0.2) is 9.67 Å². The maximum absolute atomic E-state index is 12.7. The first-order chi connectivity index (χ1) is 14.1. The van der Waals surface area contributed by atoms with E-state index in [2.05, 4.69) is 34.1 Å². The van der Waals surface area contributed by atoms with Gasteiger partial charge in [-0.05, 0) is 25.0 Å². The molecule has 1 saturated heterocycles. The van der Waals surface area contributed by atoms with Gasteiger partial charge >= 0.3 is 6.18 Å². The highest BCUT2D eigenvalue weighted by Crippen LogP contribution is 2.28. The van der Waals surface area contributed by atoms with E-state index in [4.69, 9.17) is 4.74 Å². The van der Waals surface area contributed by atoms with Crippen molar-refractivity contribution in [1.82, 2.24) is 25.0 Å². The molecular formula is C20H26F3N5O2. The van der Waals surface area contributed by atoms with Crippen molar-refractivity contribution in [1.29, 1.82) is 0 Å². The first-order valence-corrected chi connectivity index (χ1v) is 9.85. The predicted octanol–water partition coefficient (Wildman–Crippen LogP) is 2.68. The summed E-state index contributed by atoms with van der Waals surface area (Å²) in [6.45, 7) is 9.63. The molecule has 164 valence electrons. The van der Waals surface area contributed by atoms with Gasteiger partial charge in [0.2, 0.25) is 0 Å². The Hall–Kier alpha value is -2.46. The number of carbonyl (C=O) groups is 1. The van der Waals surface area contributed by atoms with Crippen molar-refractivity contribution in [3.63, 3.8) is 0 Å². The van der Waals surface area contributed by atoms with E-state index in [-0.39, 0.29) is 17.8 Å². The summed E-state index contributed by atoms with van der Waals surface area (Å²) in [5, 5.41) is 6.98. The number of hydrogen-bond acceptors (Lipinski definition) is 5. The number of rotatable bonds is 6. The molecule has 1 fully saturated rings. The third-order valence-electron chi connectivity index (χ3n) is 4.88. The highest BCUT2D eigenvalue weighted by Gasteiger charge is 2.31. The van der Waals surface area contributed by atoms with Crippen LogP contribution in [0.15, 0.2) is 24.5 Å². The van der Waals surface area contributed by atoms with Crippen LogP contribution in [0.5, 0.6) is 0 Å². The number of halogens is 3. The topological polar surface area (TPSA) is 72.3 Å². The number of hydrogen-bond donors (Lipinski definition) is 1. The molecule has 1 atom stereocenters. The fraction of sp³-hybridized carbons (Fsp3) is 0.550. The predicted molar refractivity (Wildman–Crippen MR) is 104 cm³/mol. The minimum atomic E-state index is -4.46. The number of alkyl halides is 3. The van der Waals surface area contributed by atoms with Crippen LogP contribution in [-0.4, -0.2) is 64.5 Å². The van der Waals surface area contributed by atoms with Crippen LogP contribution in [0, 0.1) is 12.8 Å². The number of aromatic nitrogens is 3. The number of ether oxygens (including phenoxy) is 1. The Morgan fingerprint density at radius 1 is 1.33 bits per heavy atom. The van der Waals surface area contributed by atoms with E-state index >= 15 is 0 Å². The van der Waals surface area contributed by atoms with Crippen LogP contribution in [0.3, 0.4) is 0 Å². The van der Waals surface area contributed by atoms with Gasteiger partial charge in [0, 0.05) is 32.4 Å². The van der Waals surface area contributed by atoms with Crippen molar-refractivity contribution in [3.8, 4) is 5.82 Å². The Labute approximate surface area is 173 Å². The van der Waals surface area contributed by atoms with E-state index < -0.39 is 11.7 Å². The molecule has 1 unspecified atom stereocenters. The first kappa shape index (κ1) is 22.2. The molecule has 2 aromatic heterocycles. The summed E-state index contributed by atoms with van der Waals surface area (Å²) in [4.78, 5) is 18.7. The Kier molecular flexibility index (Phi) is 6.77. The van der Waals surface area contributed by atoms with Gasteiger partial charge in [-0.2, -0.15) is 18.3 Å². The minimum Gasteiger partial charge on any atom is -0.374 e. The average Bonchev–Trinajstić information content (AvgIpc) is 3.07. The lowest BCUT2D eigenvalue weighted by Crippen LogP contribution is -2.48. The van der Waals surface area contributed by atoms with Crippen LogP contribution in [0.1, 0.15) is 35.5 Å². The van der Waals surface area contributed by atoms with E-state index in [0.717, 1.165) is 31.9 Å². The molecule has 2 aromatic rings. The normalized spacial score (nSPS) is 18.0. The lowest BCUT2D eigenvalue weighted by atomic mass is 10.1. The number of amides is 1.